The quantitative estimate of drug-likeness (QED) is 0.801. The molecule has 1 aromatic rings. The summed E-state index contributed by atoms with van der Waals surface area (Å²) in [4.78, 5) is 5.02. The molecule has 1 atom stereocenters. The predicted octanol–water partition coefficient (Wildman–Crippen LogP) is 2.76. The van der Waals surface area contributed by atoms with Crippen LogP contribution in [0.1, 0.15) is 45.1 Å². The Morgan fingerprint density at radius 1 is 1.27 bits per heavy atom. The minimum atomic E-state index is 0.275. The Balaban J connectivity index is 1.88. The van der Waals surface area contributed by atoms with Gasteiger partial charge in [0.25, 0.3) is 0 Å². The van der Waals surface area contributed by atoms with Gasteiger partial charge in [-0.25, -0.2) is 0 Å². The van der Waals surface area contributed by atoms with E-state index in [1.165, 1.54) is 6.42 Å². The fourth-order valence-electron chi connectivity index (χ4n) is 3.16. The molecule has 0 radical (unpaired) electrons. The van der Waals surface area contributed by atoms with Crippen LogP contribution in [0.4, 0.5) is 0 Å². The van der Waals surface area contributed by atoms with E-state index in [0.29, 0.717) is 6.04 Å². The van der Waals surface area contributed by atoms with Crippen molar-refractivity contribution in [3.8, 4) is 0 Å². The number of piperazine rings is 1. The van der Waals surface area contributed by atoms with Crippen molar-refractivity contribution < 1.29 is 9.52 Å². The zero-order valence-electron chi connectivity index (χ0n) is 14.4. The molecule has 1 saturated heterocycles. The molecule has 1 fully saturated rings. The van der Waals surface area contributed by atoms with Crippen molar-refractivity contribution in [2.24, 2.45) is 5.92 Å². The van der Waals surface area contributed by atoms with Gasteiger partial charge in [-0.1, -0.05) is 20.8 Å². The molecule has 0 unspecified atom stereocenters. The maximum Gasteiger partial charge on any atom is 0.118 e. The van der Waals surface area contributed by atoms with E-state index in [9.17, 15) is 5.11 Å². The fourth-order valence-corrected chi connectivity index (χ4v) is 3.16. The smallest absolute Gasteiger partial charge is 0.118 e. The normalized spacial score (nSPS) is 20.9. The van der Waals surface area contributed by atoms with Crippen LogP contribution in [-0.4, -0.2) is 53.7 Å². The van der Waals surface area contributed by atoms with E-state index in [-0.39, 0.29) is 6.61 Å². The number of nitrogens with zero attached hydrogens (tertiary/aromatic N) is 2. The number of aryl methyl sites for hydroxylation is 1. The van der Waals surface area contributed by atoms with Gasteiger partial charge in [-0.05, 0) is 37.4 Å². The summed E-state index contributed by atoms with van der Waals surface area (Å²) >= 11 is 0. The van der Waals surface area contributed by atoms with Crippen molar-refractivity contribution in [1.82, 2.24) is 9.80 Å². The summed E-state index contributed by atoms with van der Waals surface area (Å²) in [5.74, 6) is 2.87. The van der Waals surface area contributed by atoms with Gasteiger partial charge < -0.3 is 9.52 Å². The Morgan fingerprint density at radius 2 is 2.05 bits per heavy atom. The highest BCUT2D eigenvalue weighted by Gasteiger charge is 2.26. The van der Waals surface area contributed by atoms with Gasteiger partial charge in [0.05, 0.1) is 6.54 Å². The molecule has 0 amide bonds. The van der Waals surface area contributed by atoms with Crippen LogP contribution in [0.3, 0.4) is 0 Å². The maximum atomic E-state index is 9.36. The Morgan fingerprint density at radius 3 is 2.68 bits per heavy atom. The van der Waals surface area contributed by atoms with Gasteiger partial charge in [-0.3, -0.25) is 9.80 Å². The van der Waals surface area contributed by atoms with E-state index in [4.69, 9.17) is 4.42 Å². The van der Waals surface area contributed by atoms with Crippen molar-refractivity contribution in [3.63, 3.8) is 0 Å². The number of aliphatic hydroxyl groups excluding tert-OH is 1. The molecule has 1 aliphatic heterocycles. The lowest BCUT2D eigenvalue weighted by atomic mass is 10.1. The van der Waals surface area contributed by atoms with Crippen LogP contribution in [0.2, 0.25) is 0 Å². The molecule has 2 rings (SSSR count). The van der Waals surface area contributed by atoms with Crippen molar-refractivity contribution >= 4 is 0 Å². The fraction of sp³-hybridized carbons (Fsp3) is 0.778. The number of aliphatic hydroxyl groups is 1. The molecule has 0 spiro atoms. The molecule has 22 heavy (non-hydrogen) atoms. The first-order chi connectivity index (χ1) is 10.6. The summed E-state index contributed by atoms with van der Waals surface area (Å²) in [5, 5.41) is 9.36. The highest BCUT2D eigenvalue weighted by Crippen LogP contribution is 2.18. The van der Waals surface area contributed by atoms with Gasteiger partial charge in [0.1, 0.15) is 11.5 Å². The zero-order valence-corrected chi connectivity index (χ0v) is 14.4. The first-order valence-electron chi connectivity index (χ1n) is 8.77. The summed E-state index contributed by atoms with van der Waals surface area (Å²) in [6.07, 6.45) is 3.06. The SMILES string of the molecule is CCc1ccc(CN2CCN(CCC(C)C)[C@@H](CCO)C2)o1. The molecule has 126 valence electrons. The van der Waals surface area contributed by atoms with Crippen LogP contribution in [-0.2, 0) is 13.0 Å². The van der Waals surface area contributed by atoms with Crippen LogP contribution in [0.15, 0.2) is 16.5 Å². The molecule has 0 aliphatic carbocycles. The molecule has 0 aromatic carbocycles. The second-order valence-corrected chi connectivity index (χ2v) is 6.84. The predicted molar refractivity (Wildman–Crippen MR) is 89.9 cm³/mol. The molecule has 0 bridgehead atoms. The van der Waals surface area contributed by atoms with Crippen LogP contribution in [0, 0.1) is 5.92 Å². The number of rotatable bonds is 8. The number of hydrogen-bond donors (Lipinski definition) is 1. The summed E-state index contributed by atoms with van der Waals surface area (Å²) in [5.41, 5.74) is 0. The van der Waals surface area contributed by atoms with E-state index >= 15 is 0 Å². The molecule has 1 aromatic heterocycles. The van der Waals surface area contributed by atoms with Crippen molar-refractivity contribution in [2.75, 3.05) is 32.8 Å². The van der Waals surface area contributed by atoms with Crippen LogP contribution < -0.4 is 0 Å². The maximum absolute atomic E-state index is 9.36. The minimum Gasteiger partial charge on any atom is -0.465 e. The highest BCUT2D eigenvalue weighted by atomic mass is 16.3. The number of hydrogen-bond acceptors (Lipinski definition) is 4. The molecular weight excluding hydrogens is 276 g/mol. The molecule has 4 heteroatoms. The average molecular weight is 308 g/mol. The van der Waals surface area contributed by atoms with Gasteiger partial charge in [0.15, 0.2) is 0 Å². The van der Waals surface area contributed by atoms with Crippen molar-refractivity contribution in [2.45, 2.75) is 52.6 Å². The van der Waals surface area contributed by atoms with Gasteiger partial charge in [-0.2, -0.15) is 0 Å². The molecule has 0 saturated carbocycles. The van der Waals surface area contributed by atoms with Crippen LogP contribution in [0.5, 0.6) is 0 Å². The van der Waals surface area contributed by atoms with E-state index in [0.717, 1.165) is 63.0 Å². The van der Waals surface area contributed by atoms with Crippen molar-refractivity contribution in [1.29, 1.82) is 0 Å². The third-order valence-corrected chi connectivity index (χ3v) is 4.59. The Hall–Kier alpha value is -0.840. The molecule has 2 heterocycles. The molecular formula is C18H32N2O2. The first-order valence-corrected chi connectivity index (χ1v) is 8.77. The molecule has 1 N–H and O–H groups in total. The largest absolute Gasteiger partial charge is 0.465 e. The zero-order chi connectivity index (χ0) is 15.9. The van der Waals surface area contributed by atoms with E-state index in [2.05, 4.69) is 42.7 Å². The second-order valence-electron chi connectivity index (χ2n) is 6.84. The van der Waals surface area contributed by atoms with E-state index in [1.54, 1.807) is 0 Å². The summed E-state index contributed by atoms with van der Waals surface area (Å²) < 4.78 is 5.83. The van der Waals surface area contributed by atoms with Gasteiger partial charge in [-0.15, -0.1) is 0 Å². The highest BCUT2D eigenvalue weighted by molar-refractivity contribution is 5.07. The van der Waals surface area contributed by atoms with E-state index < -0.39 is 0 Å². The standard InChI is InChI=1S/C18H32N2O2/c1-4-17-5-6-18(22-17)14-19-10-11-20(9-7-15(2)3)16(13-19)8-12-21/h5-6,15-16,21H,4,7-14H2,1-3H3/t16-/m0/s1. The van der Waals surface area contributed by atoms with Gasteiger partial charge in [0, 0.05) is 38.7 Å². The summed E-state index contributed by atoms with van der Waals surface area (Å²) in [6, 6.07) is 4.66. The van der Waals surface area contributed by atoms with Crippen molar-refractivity contribution in [3.05, 3.63) is 23.7 Å². The Bertz CT molecular complexity index is 430. The van der Waals surface area contributed by atoms with Crippen LogP contribution in [0.25, 0.3) is 0 Å². The summed E-state index contributed by atoms with van der Waals surface area (Å²) in [6.45, 7) is 12.2. The lowest BCUT2D eigenvalue weighted by Crippen LogP contribution is -2.53. The average Bonchev–Trinajstić information content (AvgIpc) is 2.94. The molecule has 1 aliphatic rings. The topological polar surface area (TPSA) is 39.9 Å². The minimum absolute atomic E-state index is 0.275. The Kier molecular flexibility index (Phi) is 6.93. The summed E-state index contributed by atoms with van der Waals surface area (Å²) in [7, 11) is 0. The lowest BCUT2D eigenvalue weighted by Gasteiger charge is -2.41. The molecule has 4 nitrogen and oxygen atoms in total. The number of furan rings is 1. The lowest BCUT2D eigenvalue weighted by molar-refractivity contribution is 0.0491. The monoisotopic (exact) mass is 308 g/mol. The van der Waals surface area contributed by atoms with E-state index in [1.807, 2.05) is 0 Å². The first kappa shape index (κ1) is 17.5. The Labute approximate surface area is 135 Å². The third kappa shape index (κ3) is 5.11. The van der Waals surface area contributed by atoms with Gasteiger partial charge in [0.2, 0.25) is 0 Å². The third-order valence-electron chi connectivity index (χ3n) is 4.59. The second kappa shape index (κ2) is 8.70. The van der Waals surface area contributed by atoms with Crippen LogP contribution >= 0.6 is 0 Å². The van der Waals surface area contributed by atoms with Gasteiger partial charge >= 0.3 is 0 Å².